The van der Waals surface area contributed by atoms with Crippen molar-refractivity contribution in [2.45, 2.75) is 23.9 Å². The Kier molecular flexibility index (Phi) is 6.99. The van der Waals surface area contributed by atoms with E-state index in [1.54, 1.807) is 0 Å². The lowest BCUT2D eigenvalue weighted by atomic mass is 10.1. The van der Waals surface area contributed by atoms with Crippen LogP contribution >= 0.6 is 0 Å². The second-order valence-corrected chi connectivity index (χ2v) is 8.97. The van der Waals surface area contributed by atoms with Crippen LogP contribution in [0.1, 0.15) is 34.3 Å². The van der Waals surface area contributed by atoms with Crippen molar-refractivity contribution in [3.63, 3.8) is 0 Å². The predicted molar refractivity (Wildman–Crippen MR) is 111 cm³/mol. The smallest absolute Gasteiger partial charge is 0.268 e. The first-order valence-electron chi connectivity index (χ1n) is 9.63. The molecule has 1 aliphatic rings. The molecule has 0 aromatic heterocycles. The summed E-state index contributed by atoms with van der Waals surface area (Å²) in [6.45, 7) is 0.926. The molecule has 0 radical (unpaired) electrons. The number of nitrogens with one attached hydrogen (secondary N) is 2. The summed E-state index contributed by atoms with van der Waals surface area (Å²) in [4.78, 5) is 24.1. The van der Waals surface area contributed by atoms with Gasteiger partial charge in [-0.2, -0.15) is 17.5 Å². The molecule has 2 aromatic carbocycles. The maximum atomic E-state index is 12.7. The van der Waals surface area contributed by atoms with E-state index in [1.165, 1.54) is 46.8 Å². The quantitative estimate of drug-likeness (QED) is 0.522. The van der Waals surface area contributed by atoms with Gasteiger partial charge in [0.25, 0.3) is 11.8 Å². The summed E-state index contributed by atoms with van der Waals surface area (Å²) in [6.07, 6.45) is -0.733. The molecule has 0 atom stereocenters. The van der Waals surface area contributed by atoms with Gasteiger partial charge in [0.2, 0.25) is 10.0 Å². The van der Waals surface area contributed by atoms with Crippen molar-refractivity contribution < 1.29 is 31.2 Å². The monoisotopic (exact) mass is 467 g/mol. The van der Waals surface area contributed by atoms with Crippen LogP contribution in [0.25, 0.3) is 6.08 Å². The molecule has 0 aliphatic carbocycles. The average Bonchev–Trinajstić information content (AvgIpc) is 3.32. The highest BCUT2D eigenvalue weighted by molar-refractivity contribution is 7.89. The number of halogens is 3. The summed E-state index contributed by atoms with van der Waals surface area (Å²) in [5.74, 6) is -1.44. The van der Waals surface area contributed by atoms with Crippen LogP contribution < -0.4 is 10.9 Å². The van der Waals surface area contributed by atoms with Crippen LogP contribution in [0.15, 0.2) is 59.5 Å². The third-order valence-electron chi connectivity index (χ3n) is 4.76. The molecular weight excluding hydrogens is 447 g/mol. The lowest BCUT2D eigenvalue weighted by Gasteiger charge is -2.15. The summed E-state index contributed by atoms with van der Waals surface area (Å²) in [5.41, 5.74) is 3.70. The second kappa shape index (κ2) is 9.53. The molecule has 7 nitrogen and oxygen atoms in total. The average molecular weight is 467 g/mol. The summed E-state index contributed by atoms with van der Waals surface area (Å²) in [6, 6.07) is 9.70. The Bertz CT molecular complexity index is 1120. The summed E-state index contributed by atoms with van der Waals surface area (Å²) < 4.78 is 64.5. The minimum atomic E-state index is -4.50. The number of nitrogens with zero attached hydrogens (tertiary/aromatic N) is 1. The van der Waals surface area contributed by atoms with E-state index in [-0.39, 0.29) is 16.0 Å². The van der Waals surface area contributed by atoms with E-state index in [4.69, 9.17) is 0 Å². The van der Waals surface area contributed by atoms with E-state index < -0.39 is 33.6 Å². The van der Waals surface area contributed by atoms with Gasteiger partial charge in [0.1, 0.15) is 0 Å². The first-order chi connectivity index (χ1) is 15.1. The molecule has 1 saturated heterocycles. The maximum Gasteiger partial charge on any atom is 0.416 e. The topological polar surface area (TPSA) is 95.6 Å². The number of sulfonamides is 1. The van der Waals surface area contributed by atoms with Gasteiger partial charge in [-0.25, -0.2) is 8.42 Å². The first kappa shape index (κ1) is 23.5. The molecule has 2 amide bonds. The number of benzene rings is 2. The standard InChI is InChI=1S/C21H20F3N3O4S/c22-21(23,24)17-5-3-4-15(14-17)6-11-19(28)25-26-20(29)16-7-9-18(10-8-16)32(30,31)27-12-1-2-13-27/h3-11,14H,1-2,12-13H2,(H,25,28)(H,26,29)/b11-6+. The maximum absolute atomic E-state index is 12.7. The molecular formula is C21H20F3N3O4S. The summed E-state index contributed by atoms with van der Waals surface area (Å²) in [5, 5.41) is 0. The normalized spacial score (nSPS) is 15.1. The number of hydrogen-bond acceptors (Lipinski definition) is 4. The zero-order valence-electron chi connectivity index (χ0n) is 16.7. The highest BCUT2D eigenvalue weighted by Gasteiger charge is 2.30. The minimum Gasteiger partial charge on any atom is -0.268 e. The van der Waals surface area contributed by atoms with E-state index in [0.29, 0.717) is 13.1 Å². The molecule has 0 spiro atoms. The number of alkyl halides is 3. The van der Waals surface area contributed by atoms with Gasteiger partial charge in [-0.15, -0.1) is 0 Å². The number of hydrogen-bond donors (Lipinski definition) is 2. The molecule has 11 heteroatoms. The van der Waals surface area contributed by atoms with Gasteiger partial charge >= 0.3 is 6.18 Å². The summed E-state index contributed by atoms with van der Waals surface area (Å²) >= 11 is 0. The second-order valence-electron chi connectivity index (χ2n) is 7.04. The minimum absolute atomic E-state index is 0.0732. The highest BCUT2D eigenvalue weighted by Crippen LogP contribution is 2.29. The van der Waals surface area contributed by atoms with Gasteiger partial charge in [0, 0.05) is 24.7 Å². The van der Waals surface area contributed by atoms with E-state index in [9.17, 15) is 31.2 Å². The van der Waals surface area contributed by atoms with Crippen LogP contribution in [0.4, 0.5) is 13.2 Å². The largest absolute Gasteiger partial charge is 0.416 e. The summed E-state index contributed by atoms with van der Waals surface area (Å²) in [7, 11) is -3.60. The number of rotatable bonds is 5. The third kappa shape index (κ3) is 5.74. The van der Waals surface area contributed by atoms with Crippen LogP contribution in [-0.4, -0.2) is 37.6 Å². The SMILES string of the molecule is O=C(/C=C/c1cccc(C(F)(F)F)c1)NNC(=O)c1ccc(S(=O)(=O)N2CCCC2)cc1. The molecule has 0 bridgehead atoms. The number of amides is 2. The van der Waals surface area contributed by atoms with E-state index in [2.05, 4.69) is 10.9 Å². The highest BCUT2D eigenvalue weighted by atomic mass is 32.2. The Morgan fingerprint density at radius 3 is 2.25 bits per heavy atom. The molecule has 1 aliphatic heterocycles. The van der Waals surface area contributed by atoms with Crippen molar-refractivity contribution >= 4 is 27.9 Å². The van der Waals surface area contributed by atoms with E-state index >= 15 is 0 Å². The van der Waals surface area contributed by atoms with Gasteiger partial charge in [0.05, 0.1) is 10.5 Å². The zero-order chi connectivity index (χ0) is 23.4. The van der Waals surface area contributed by atoms with Crippen LogP contribution in [0.2, 0.25) is 0 Å². The van der Waals surface area contributed by atoms with Crippen molar-refractivity contribution in [2.24, 2.45) is 0 Å². The Labute approximate surface area is 182 Å². The lowest BCUT2D eigenvalue weighted by molar-refractivity contribution is -0.137. The van der Waals surface area contributed by atoms with Gasteiger partial charge in [-0.3, -0.25) is 20.4 Å². The van der Waals surface area contributed by atoms with Crippen LogP contribution in [0.3, 0.4) is 0 Å². The van der Waals surface area contributed by atoms with E-state index in [0.717, 1.165) is 31.1 Å². The molecule has 32 heavy (non-hydrogen) atoms. The van der Waals surface area contributed by atoms with Crippen LogP contribution in [0, 0.1) is 0 Å². The molecule has 170 valence electrons. The van der Waals surface area contributed by atoms with Crippen LogP contribution in [-0.2, 0) is 21.0 Å². The Hall–Kier alpha value is -3.18. The molecule has 2 aromatic rings. The Morgan fingerprint density at radius 1 is 0.969 bits per heavy atom. The van der Waals surface area contributed by atoms with Crippen LogP contribution in [0.5, 0.6) is 0 Å². The Balaban J connectivity index is 1.56. The van der Waals surface area contributed by atoms with Crippen molar-refractivity contribution in [2.75, 3.05) is 13.1 Å². The van der Waals surface area contributed by atoms with Crippen molar-refractivity contribution in [3.8, 4) is 0 Å². The number of carbonyl (C=O) groups excluding carboxylic acids is 2. The van der Waals surface area contributed by atoms with Gasteiger partial charge in [-0.1, -0.05) is 12.1 Å². The van der Waals surface area contributed by atoms with Crippen molar-refractivity contribution in [1.29, 1.82) is 0 Å². The fraction of sp³-hybridized carbons (Fsp3) is 0.238. The molecule has 1 fully saturated rings. The van der Waals surface area contributed by atoms with E-state index in [1.807, 2.05) is 0 Å². The lowest BCUT2D eigenvalue weighted by Crippen LogP contribution is -2.40. The van der Waals surface area contributed by atoms with Gasteiger partial charge in [0.15, 0.2) is 0 Å². The predicted octanol–water partition coefficient (Wildman–Crippen LogP) is 2.96. The van der Waals surface area contributed by atoms with Gasteiger partial charge < -0.3 is 0 Å². The fourth-order valence-corrected chi connectivity index (χ4v) is 4.60. The van der Waals surface area contributed by atoms with Crippen molar-refractivity contribution in [3.05, 3.63) is 71.3 Å². The molecule has 3 rings (SSSR count). The number of hydrazine groups is 1. The number of carbonyl (C=O) groups is 2. The zero-order valence-corrected chi connectivity index (χ0v) is 17.5. The first-order valence-corrected chi connectivity index (χ1v) is 11.1. The third-order valence-corrected chi connectivity index (χ3v) is 6.67. The fourth-order valence-electron chi connectivity index (χ4n) is 3.08. The molecule has 1 heterocycles. The van der Waals surface area contributed by atoms with Crippen molar-refractivity contribution in [1.82, 2.24) is 15.2 Å². The molecule has 0 unspecified atom stereocenters. The molecule has 2 N–H and O–H groups in total. The Morgan fingerprint density at radius 2 is 1.62 bits per heavy atom. The van der Waals surface area contributed by atoms with Gasteiger partial charge in [-0.05, 0) is 60.9 Å². The molecule has 0 saturated carbocycles.